The van der Waals surface area contributed by atoms with Crippen molar-refractivity contribution < 1.29 is 27.6 Å². The van der Waals surface area contributed by atoms with Gasteiger partial charge in [-0.3, -0.25) is 14.9 Å². The molecule has 32 heavy (non-hydrogen) atoms. The summed E-state index contributed by atoms with van der Waals surface area (Å²) in [6.07, 6.45) is 0. The topological polar surface area (TPSA) is 130 Å². The van der Waals surface area contributed by atoms with Crippen LogP contribution in [0.25, 0.3) is 10.2 Å². The molecule has 0 saturated heterocycles. The van der Waals surface area contributed by atoms with Gasteiger partial charge in [-0.1, -0.05) is 11.3 Å². The minimum atomic E-state index is -3.90. The van der Waals surface area contributed by atoms with Crippen LogP contribution in [0.5, 0.6) is 5.75 Å². The van der Waals surface area contributed by atoms with Crippen molar-refractivity contribution in [3.05, 3.63) is 57.4 Å². The second-order valence-electron chi connectivity index (χ2n) is 6.58. The highest BCUT2D eigenvalue weighted by Gasteiger charge is 2.20. The monoisotopic (exact) mass is 479 g/mol. The van der Waals surface area contributed by atoms with Crippen LogP contribution in [0.15, 0.2) is 52.4 Å². The van der Waals surface area contributed by atoms with Crippen molar-refractivity contribution in [3.63, 3.8) is 0 Å². The fraction of sp³-hybridized carbons (Fsp3) is 0.300. The van der Waals surface area contributed by atoms with Crippen molar-refractivity contribution in [2.75, 3.05) is 26.1 Å². The highest BCUT2D eigenvalue weighted by atomic mass is 32.2. The maximum Gasteiger partial charge on any atom is 0.271 e. The number of carbonyl (C=O) groups excluding carboxylic acids is 1. The van der Waals surface area contributed by atoms with Crippen LogP contribution in [0, 0.1) is 10.1 Å². The Labute approximate surface area is 187 Å². The molecule has 0 radical (unpaired) electrons. The Morgan fingerprint density at radius 3 is 2.56 bits per heavy atom. The Morgan fingerprint density at radius 1 is 1.22 bits per heavy atom. The number of nitro benzene ring substituents is 1. The molecule has 2 aromatic carbocycles. The molecule has 1 aromatic heterocycles. The number of carbonyl (C=O) groups is 1. The van der Waals surface area contributed by atoms with E-state index in [4.69, 9.17) is 9.47 Å². The van der Waals surface area contributed by atoms with Crippen molar-refractivity contribution >= 4 is 43.0 Å². The van der Waals surface area contributed by atoms with Crippen LogP contribution >= 0.6 is 11.3 Å². The van der Waals surface area contributed by atoms with Crippen LogP contribution in [0.1, 0.15) is 6.92 Å². The number of thiazole rings is 1. The van der Waals surface area contributed by atoms with Gasteiger partial charge in [0.2, 0.25) is 0 Å². The zero-order valence-electron chi connectivity index (χ0n) is 17.4. The Hall–Kier alpha value is -3.09. The summed E-state index contributed by atoms with van der Waals surface area (Å²) in [6.45, 7) is 2.91. The smallest absolute Gasteiger partial charge is 0.271 e. The maximum absolute atomic E-state index is 12.6. The first-order valence-electron chi connectivity index (χ1n) is 9.55. The summed E-state index contributed by atoms with van der Waals surface area (Å²) < 4.78 is 37.9. The molecule has 3 rings (SSSR count). The number of aromatic nitrogens is 1. The van der Waals surface area contributed by atoms with Gasteiger partial charge in [0, 0.05) is 25.3 Å². The molecule has 0 aliphatic heterocycles. The molecule has 10 nitrogen and oxygen atoms in total. The third kappa shape index (κ3) is 5.39. The maximum atomic E-state index is 12.6. The standard InChI is InChI=1S/C20H21N3O7S2/c1-3-30-11-10-22-17-12-14(23(25)26)4-9-18(17)31-20(22)21-19(24)13-32(27,28)16-7-5-15(29-2)6-8-16/h4-9,12H,3,10-11,13H2,1-2H3. The molecule has 0 unspecified atom stereocenters. The van der Waals surface area contributed by atoms with Crippen LogP contribution in [-0.4, -0.2) is 49.9 Å². The molecule has 0 spiro atoms. The van der Waals surface area contributed by atoms with E-state index in [1.54, 1.807) is 10.6 Å². The molecule has 0 saturated carbocycles. The number of rotatable bonds is 9. The van der Waals surface area contributed by atoms with E-state index >= 15 is 0 Å². The summed E-state index contributed by atoms with van der Waals surface area (Å²) in [4.78, 5) is 27.4. The molecule has 3 aromatic rings. The van der Waals surface area contributed by atoms with Gasteiger partial charge in [0.15, 0.2) is 14.6 Å². The summed E-state index contributed by atoms with van der Waals surface area (Å²) in [5.74, 6) is -1.15. The van der Waals surface area contributed by atoms with Gasteiger partial charge in [0.05, 0.1) is 33.8 Å². The molecule has 170 valence electrons. The summed E-state index contributed by atoms with van der Waals surface area (Å²) in [6, 6.07) is 10.1. The molecule has 0 bridgehead atoms. The molecule has 0 aliphatic rings. The first-order chi connectivity index (χ1) is 15.2. The number of ether oxygens (including phenoxy) is 2. The first kappa shape index (κ1) is 23.6. The minimum Gasteiger partial charge on any atom is -0.497 e. The average molecular weight is 480 g/mol. The zero-order chi connectivity index (χ0) is 23.3. The van der Waals surface area contributed by atoms with E-state index in [0.717, 1.165) is 11.3 Å². The number of fused-ring (bicyclic) bond motifs is 1. The van der Waals surface area contributed by atoms with Gasteiger partial charge in [-0.2, -0.15) is 4.99 Å². The van der Waals surface area contributed by atoms with Crippen molar-refractivity contribution in [1.29, 1.82) is 0 Å². The summed E-state index contributed by atoms with van der Waals surface area (Å²) >= 11 is 1.14. The van der Waals surface area contributed by atoms with E-state index in [9.17, 15) is 23.3 Å². The fourth-order valence-corrected chi connectivity index (χ4v) is 5.10. The molecule has 0 N–H and O–H groups in total. The number of non-ortho nitro benzene ring substituents is 1. The van der Waals surface area contributed by atoms with Gasteiger partial charge in [0.25, 0.3) is 11.6 Å². The number of nitro groups is 1. The highest BCUT2D eigenvalue weighted by Crippen LogP contribution is 2.23. The number of amides is 1. The Morgan fingerprint density at radius 2 is 1.94 bits per heavy atom. The minimum absolute atomic E-state index is 0.0157. The van der Waals surface area contributed by atoms with Gasteiger partial charge in [-0.05, 0) is 37.3 Å². The molecular weight excluding hydrogens is 458 g/mol. The molecule has 1 heterocycles. The van der Waals surface area contributed by atoms with E-state index < -0.39 is 26.4 Å². The number of benzene rings is 2. The molecular formula is C20H21N3O7S2. The molecule has 0 atom stereocenters. The average Bonchev–Trinajstić information content (AvgIpc) is 3.09. The van der Waals surface area contributed by atoms with Gasteiger partial charge < -0.3 is 14.0 Å². The number of methoxy groups -OCH3 is 1. The van der Waals surface area contributed by atoms with Gasteiger partial charge >= 0.3 is 0 Å². The third-order valence-electron chi connectivity index (χ3n) is 4.49. The SMILES string of the molecule is CCOCCn1c(=NC(=O)CS(=O)(=O)c2ccc(OC)cc2)sc2ccc([N+](=O)[O-])cc21. The largest absolute Gasteiger partial charge is 0.497 e. The lowest BCUT2D eigenvalue weighted by Gasteiger charge is -2.06. The lowest BCUT2D eigenvalue weighted by molar-refractivity contribution is -0.384. The predicted octanol–water partition coefficient (Wildman–Crippen LogP) is 2.56. The van der Waals surface area contributed by atoms with Crippen LogP contribution in [-0.2, 0) is 25.9 Å². The zero-order valence-corrected chi connectivity index (χ0v) is 19.0. The molecule has 1 amide bonds. The van der Waals surface area contributed by atoms with E-state index in [1.165, 1.54) is 43.5 Å². The Kier molecular flexibility index (Phi) is 7.38. The van der Waals surface area contributed by atoms with E-state index in [-0.39, 0.29) is 15.4 Å². The number of hydrogen-bond donors (Lipinski definition) is 0. The fourth-order valence-electron chi connectivity index (χ4n) is 2.94. The lowest BCUT2D eigenvalue weighted by atomic mass is 10.3. The summed E-state index contributed by atoms with van der Waals surface area (Å²) in [5, 5.41) is 11.2. The first-order valence-corrected chi connectivity index (χ1v) is 12.0. The highest BCUT2D eigenvalue weighted by molar-refractivity contribution is 7.92. The van der Waals surface area contributed by atoms with Crippen LogP contribution in [0.4, 0.5) is 5.69 Å². The van der Waals surface area contributed by atoms with Gasteiger partial charge in [-0.25, -0.2) is 8.42 Å². The van der Waals surface area contributed by atoms with Crippen LogP contribution in [0.3, 0.4) is 0 Å². The second-order valence-corrected chi connectivity index (χ2v) is 9.58. The lowest BCUT2D eigenvalue weighted by Crippen LogP contribution is -2.22. The number of hydrogen-bond acceptors (Lipinski definition) is 8. The summed E-state index contributed by atoms with van der Waals surface area (Å²) in [5.41, 5.74) is 0.425. The quantitative estimate of drug-likeness (QED) is 0.262. The van der Waals surface area contributed by atoms with Gasteiger partial charge in [-0.15, -0.1) is 0 Å². The van der Waals surface area contributed by atoms with E-state index in [2.05, 4.69) is 4.99 Å². The van der Waals surface area contributed by atoms with Crippen LogP contribution in [0.2, 0.25) is 0 Å². The molecule has 0 fully saturated rings. The summed E-state index contributed by atoms with van der Waals surface area (Å²) in [7, 11) is -2.44. The molecule has 12 heteroatoms. The second kappa shape index (κ2) is 10.0. The third-order valence-corrected chi connectivity index (χ3v) is 7.17. The van der Waals surface area contributed by atoms with Crippen molar-refractivity contribution in [2.45, 2.75) is 18.4 Å². The number of sulfone groups is 1. The van der Waals surface area contributed by atoms with Crippen molar-refractivity contribution in [2.24, 2.45) is 4.99 Å². The van der Waals surface area contributed by atoms with E-state index in [0.29, 0.717) is 35.7 Å². The predicted molar refractivity (Wildman–Crippen MR) is 119 cm³/mol. The normalized spacial score (nSPS) is 12.2. The van der Waals surface area contributed by atoms with Crippen LogP contribution < -0.4 is 9.54 Å². The van der Waals surface area contributed by atoms with Crippen molar-refractivity contribution in [3.8, 4) is 5.75 Å². The Bertz CT molecular complexity index is 1310. The number of nitrogens with zero attached hydrogens (tertiary/aromatic N) is 3. The molecule has 0 aliphatic carbocycles. The van der Waals surface area contributed by atoms with E-state index in [1.807, 2.05) is 6.92 Å². The van der Waals surface area contributed by atoms with Crippen molar-refractivity contribution in [1.82, 2.24) is 4.57 Å². The Balaban J connectivity index is 1.96. The van der Waals surface area contributed by atoms with Gasteiger partial charge in [0.1, 0.15) is 11.5 Å².